The van der Waals surface area contributed by atoms with Crippen LogP contribution >= 0.6 is 15.9 Å². The maximum absolute atomic E-state index is 11.9. The molecule has 1 atom stereocenters. The monoisotopic (exact) mass is 358 g/mol. The van der Waals surface area contributed by atoms with Gasteiger partial charge < -0.3 is 10.1 Å². The van der Waals surface area contributed by atoms with Crippen molar-refractivity contribution in [1.29, 1.82) is 5.26 Å². The molecule has 0 bridgehead atoms. The highest BCUT2D eigenvalue weighted by Crippen LogP contribution is 2.16. The largest absolute Gasteiger partial charge is 0.484 e. The van der Waals surface area contributed by atoms with Crippen LogP contribution in [0.2, 0.25) is 0 Å². The van der Waals surface area contributed by atoms with Gasteiger partial charge in [-0.05, 0) is 42.8 Å². The molecule has 4 nitrogen and oxygen atoms in total. The number of carbonyl (C=O) groups is 1. The predicted molar refractivity (Wildman–Crippen MR) is 87.4 cm³/mol. The van der Waals surface area contributed by atoms with Crippen molar-refractivity contribution in [3.05, 3.63) is 64.1 Å². The molecule has 5 heteroatoms. The fourth-order valence-corrected chi connectivity index (χ4v) is 2.19. The molecule has 2 aromatic rings. The molecule has 0 saturated heterocycles. The second kappa shape index (κ2) is 7.62. The van der Waals surface area contributed by atoms with Crippen LogP contribution in [0.4, 0.5) is 0 Å². The summed E-state index contributed by atoms with van der Waals surface area (Å²) < 4.78 is 6.39. The molecule has 0 aromatic heterocycles. The van der Waals surface area contributed by atoms with Gasteiger partial charge in [-0.3, -0.25) is 4.79 Å². The molecule has 0 heterocycles. The summed E-state index contributed by atoms with van der Waals surface area (Å²) in [6.45, 7) is 1.83. The number of nitrogens with one attached hydrogen (secondary N) is 1. The Bertz CT molecular complexity index is 693. The van der Waals surface area contributed by atoms with Crippen LogP contribution in [0.15, 0.2) is 53.0 Å². The summed E-state index contributed by atoms with van der Waals surface area (Å²) in [7, 11) is 0. The van der Waals surface area contributed by atoms with Crippen molar-refractivity contribution in [3.8, 4) is 11.8 Å². The van der Waals surface area contributed by atoms with Crippen molar-refractivity contribution >= 4 is 21.8 Å². The van der Waals surface area contributed by atoms with Crippen LogP contribution in [0, 0.1) is 11.3 Å². The molecular formula is C17H15BrN2O2. The SMILES string of the molecule is C[C@H](NC(=O)COc1cccc(C#N)c1)c1ccc(Br)cc1. The minimum absolute atomic E-state index is 0.0875. The molecule has 1 N–H and O–H groups in total. The van der Waals surface area contributed by atoms with Crippen molar-refractivity contribution in [3.63, 3.8) is 0 Å². The van der Waals surface area contributed by atoms with E-state index in [4.69, 9.17) is 10.00 Å². The third-order valence-electron chi connectivity index (χ3n) is 3.08. The normalized spacial score (nSPS) is 11.3. The van der Waals surface area contributed by atoms with Crippen molar-refractivity contribution in [2.45, 2.75) is 13.0 Å². The van der Waals surface area contributed by atoms with Crippen LogP contribution in [-0.4, -0.2) is 12.5 Å². The first-order valence-electron chi connectivity index (χ1n) is 6.76. The Hall–Kier alpha value is -2.32. The lowest BCUT2D eigenvalue weighted by Gasteiger charge is -2.15. The molecule has 2 rings (SSSR count). The van der Waals surface area contributed by atoms with E-state index in [1.54, 1.807) is 24.3 Å². The van der Waals surface area contributed by atoms with Crippen molar-refractivity contribution < 1.29 is 9.53 Å². The zero-order chi connectivity index (χ0) is 15.9. The predicted octanol–water partition coefficient (Wildman–Crippen LogP) is 3.58. The molecule has 0 aliphatic heterocycles. The maximum Gasteiger partial charge on any atom is 0.258 e. The van der Waals surface area contributed by atoms with Gasteiger partial charge in [0, 0.05) is 4.47 Å². The molecule has 22 heavy (non-hydrogen) atoms. The van der Waals surface area contributed by atoms with Crippen LogP contribution in [-0.2, 0) is 4.79 Å². The summed E-state index contributed by atoms with van der Waals surface area (Å²) in [6.07, 6.45) is 0. The van der Waals surface area contributed by atoms with E-state index in [1.165, 1.54) is 0 Å². The summed E-state index contributed by atoms with van der Waals surface area (Å²) in [5.74, 6) is 0.295. The average molecular weight is 359 g/mol. The molecule has 0 fully saturated rings. The summed E-state index contributed by atoms with van der Waals surface area (Å²) in [5.41, 5.74) is 1.52. The lowest BCUT2D eigenvalue weighted by Crippen LogP contribution is -2.31. The molecular weight excluding hydrogens is 344 g/mol. The molecule has 0 spiro atoms. The zero-order valence-corrected chi connectivity index (χ0v) is 13.6. The molecule has 0 aliphatic carbocycles. The highest BCUT2D eigenvalue weighted by Gasteiger charge is 2.10. The molecule has 0 unspecified atom stereocenters. The first kappa shape index (κ1) is 16.1. The van der Waals surface area contributed by atoms with Gasteiger partial charge >= 0.3 is 0 Å². The second-order valence-electron chi connectivity index (χ2n) is 4.77. The number of carbonyl (C=O) groups excluding carboxylic acids is 1. The maximum atomic E-state index is 11.9. The fourth-order valence-electron chi connectivity index (χ4n) is 1.92. The van der Waals surface area contributed by atoms with Gasteiger partial charge in [-0.25, -0.2) is 0 Å². The molecule has 0 radical (unpaired) electrons. The smallest absolute Gasteiger partial charge is 0.258 e. The van der Waals surface area contributed by atoms with Crippen LogP contribution in [0.3, 0.4) is 0 Å². The first-order chi connectivity index (χ1) is 10.6. The minimum atomic E-state index is -0.210. The summed E-state index contributed by atoms with van der Waals surface area (Å²) in [5, 5.41) is 11.7. The Morgan fingerprint density at radius 1 is 1.32 bits per heavy atom. The standard InChI is InChI=1S/C17H15BrN2O2/c1-12(14-5-7-15(18)8-6-14)20-17(21)11-22-16-4-2-3-13(9-16)10-19/h2-9,12H,11H2,1H3,(H,20,21)/t12-/m0/s1. The van der Waals surface area contributed by atoms with Gasteiger partial charge in [0.05, 0.1) is 17.7 Å². The van der Waals surface area contributed by atoms with Gasteiger partial charge in [0.2, 0.25) is 0 Å². The Morgan fingerprint density at radius 3 is 2.73 bits per heavy atom. The van der Waals surface area contributed by atoms with Gasteiger partial charge in [-0.15, -0.1) is 0 Å². The molecule has 0 aliphatic rings. The van der Waals surface area contributed by atoms with E-state index < -0.39 is 0 Å². The van der Waals surface area contributed by atoms with E-state index >= 15 is 0 Å². The van der Waals surface area contributed by atoms with Gasteiger partial charge in [-0.2, -0.15) is 5.26 Å². The van der Waals surface area contributed by atoms with Gasteiger partial charge in [0.15, 0.2) is 6.61 Å². The van der Waals surface area contributed by atoms with Gasteiger partial charge in [0.1, 0.15) is 5.75 Å². The van der Waals surface area contributed by atoms with Crippen LogP contribution in [0.25, 0.3) is 0 Å². The summed E-state index contributed by atoms with van der Waals surface area (Å²) in [6, 6.07) is 16.4. The number of benzene rings is 2. The van der Waals surface area contributed by atoms with E-state index in [-0.39, 0.29) is 18.6 Å². The van der Waals surface area contributed by atoms with Crippen molar-refractivity contribution in [2.75, 3.05) is 6.61 Å². The van der Waals surface area contributed by atoms with Crippen molar-refractivity contribution in [2.24, 2.45) is 0 Å². The number of nitriles is 1. The van der Waals surface area contributed by atoms with Crippen LogP contribution in [0.1, 0.15) is 24.1 Å². The van der Waals surface area contributed by atoms with Gasteiger partial charge in [-0.1, -0.05) is 34.1 Å². The number of ether oxygens (including phenoxy) is 1. The number of amides is 1. The highest BCUT2D eigenvalue weighted by molar-refractivity contribution is 9.10. The summed E-state index contributed by atoms with van der Waals surface area (Å²) in [4.78, 5) is 11.9. The molecule has 112 valence electrons. The molecule has 0 saturated carbocycles. The van der Waals surface area contributed by atoms with Crippen LogP contribution < -0.4 is 10.1 Å². The average Bonchev–Trinajstić information content (AvgIpc) is 2.53. The lowest BCUT2D eigenvalue weighted by molar-refractivity contribution is -0.123. The van der Waals surface area contributed by atoms with Crippen molar-refractivity contribution in [1.82, 2.24) is 5.32 Å². The quantitative estimate of drug-likeness (QED) is 0.888. The zero-order valence-electron chi connectivity index (χ0n) is 12.0. The Balaban J connectivity index is 1.87. The van der Waals surface area contributed by atoms with E-state index in [2.05, 4.69) is 21.2 Å². The third kappa shape index (κ3) is 4.61. The highest BCUT2D eigenvalue weighted by atomic mass is 79.9. The van der Waals surface area contributed by atoms with E-state index in [0.29, 0.717) is 11.3 Å². The van der Waals surface area contributed by atoms with E-state index in [9.17, 15) is 4.79 Å². The Kier molecular flexibility index (Phi) is 5.56. The topological polar surface area (TPSA) is 62.1 Å². The number of rotatable bonds is 5. The van der Waals surface area contributed by atoms with E-state index in [0.717, 1.165) is 10.0 Å². The Morgan fingerprint density at radius 2 is 2.05 bits per heavy atom. The number of nitrogens with zero attached hydrogens (tertiary/aromatic N) is 1. The van der Waals surface area contributed by atoms with Crippen LogP contribution in [0.5, 0.6) is 5.75 Å². The Labute approximate surface area is 137 Å². The summed E-state index contributed by atoms with van der Waals surface area (Å²) >= 11 is 3.38. The number of hydrogen-bond donors (Lipinski definition) is 1. The molecule has 1 amide bonds. The van der Waals surface area contributed by atoms with Gasteiger partial charge in [0.25, 0.3) is 5.91 Å². The first-order valence-corrected chi connectivity index (χ1v) is 7.55. The second-order valence-corrected chi connectivity index (χ2v) is 5.68. The fraction of sp³-hybridized carbons (Fsp3) is 0.176. The molecule has 2 aromatic carbocycles. The van der Waals surface area contributed by atoms with E-state index in [1.807, 2.05) is 37.3 Å². The minimum Gasteiger partial charge on any atom is -0.484 e. The number of halogens is 1. The lowest BCUT2D eigenvalue weighted by atomic mass is 10.1. The third-order valence-corrected chi connectivity index (χ3v) is 3.61. The number of hydrogen-bond acceptors (Lipinski definition) is 3.